The van der Waals surface area contributed by atoms with Crippen LogP contribution in [0.3, 0.4) is 0 Å². The molecule has 3 N–H and O–H groups in total. The number of anilines is 2. The summed E-state index contributed by atoms with van der Waals surface area (Å²) in [6.07, 6.45) is 5.53. The highest BCUT2D eigenvalue weighted by Gasteiger charge is 2.22. The van der Waals surface area contributed by atoms with Crippen LogP contribution in [0.2, 0.25) is 0 Å². The number of piperazine rings is 1. The van der Waals surface area contributed by atoms with Crippen LogP contribution in [0.25, 0.3) is 28.3 Å². The topological polar surface area (TPSA) is 128 Å². The van der Waals surface area contributed by atoms with Crippen LogP contribution in [0.15, 0.2) is 47.2 Å². The molecule has 0 bridgehead atoms. The summed E-state index contributed by atoms with van der Waals surface area (Å²) >= 11 is 0. The average Bonchev–Trinajstić information content (AvgIpc) is 3.76. The molecule has 214 valence electrons. The normalized spacial score (nSPS) is 17.1. The molecule has 0 aliphatic carbocycles. The lowest BCUT2D eigenvalue weighted by molar-refractivity contribution is 0.214. The summed E-state index contributed by atoms with van der Waals surface area (Å²) < 4.78 is 29.7. The maximum atomic E-state index is 15.0. The minimum atomic E-state index is -0.233. The number of furan rings is 1. The first-order chi connectivity index (χ1) is 20.1. The van der Waals surface area contributed by atoms with Gasteiger partial charge in [0.2, 0.25) is 11.8 Å². The summed E-state index contributed by atoms with van der Waals surface area (Å²) in [5, 5.41) is 13.1. The van der Waals surface area contributed by atoms with Gasteiger partial charge < -0.3 is 25.1 Å². The fraction of sp³-hybridized carbons (Fsp3) is 0.429. The molecule has 7 rings (SSSR count). The number of piperidine rings is 1. The van der Waals surface area contributed by atoms with Crippen LogP contribution in [0.5, 0.6) is 5.75 Å². The van der Waals surface area contributed by atoms with Crippen molar-refractivity contribution in [2.45, 2.75) is 19.4 Å². The molecule has 4 aromatic heterocycles. The standard InChI is InChI=1S/C28H33FN10O2/c29-22-16-20(41-18-19-5-7-31-8-6-19)3-4-23(22)37-12-9-36(10-13-37)11-14-38-26-21(17-32-38)27-33-25(24-2-1-15-40-24)35-39(27)28(30)34-26/h1-4,15-17,19,31H,5-14,18H2,(H2,30,34). The fourth-order valence-electron chi connectivity index (χ4n) is 5.68. The summed E-state index contributed by atoms with van der Waals surface area (Å²) in [5.74, 6) is 2.14. The molecule has 2 aliphatic heterocycles. The van der Waals surface area contributed by atoms with Crippen molar-refractivity contribution < 1.29 is 13.5 Å². The molecular weight excluding hydrogens is 527 g/mol. The predicted octanol–water partition coefficient (Wildman–Crippen LogP) is 2.66. The lowest BCUT2D eigenvalue weighted by Gasteiger charge is -2.36. The third-order valence-electron chi connectivity index (χ3n) is 8.04. The van der Waals surface area contributed by atoms with E-state index in [1.165, 1.54) is 10.6 Å². The van der Waals surface area contributed by atoms with E-state index >= 15 is 4.39 Å². The van der Waals surface area contributed by atoms with Crippen LogP contribution in [-0.2, 0) is 6.54 Å². The Kier molecular flexibility index (Phi) is 6.88. The molecule has 12 nitrogen and oxygen atoms in total. The van der Waals surface area contributed by atoms with E-state index in [9.17, 15) is 0 Å². The van der Waals surface area contributed by atoms with Crippen molar-refractivity contribution in [3.8, 4) is 17.3 Å². The number of aromatic nitrogens is 6. The molecule has 13 heteroatoms. The lowest BCUT2D eigenvalue weighted by atomic mass is 9.99. The maximum Gasteiger partial charge on any atom is 0.225 e. The van der Waals surface area contributed by atoms with Crippen LogP contribution in [-0.4, -0.2) is 86.7 Å². The number of ether oxygens (including phenoxy) is 1. The van der Waals surface area contributed by atoms with Crippen molar-refractivity contribution in [3.63, 3.8) is 0 Å². The van der Waals surface area contributed by atoms with Crippen molar-refractivity contribution in [3.05, 3.63) is 48.6 Å². The third-order valence-corrected chi connectivity index (χ3v) is 8.04. The van der Waals surface area contributed by atoms with Gasteiger partial charge in [0.15, 0.2) is 17.1 Å². The first kappa shape index (κ1) is 25.7. The van der Waals surface area contributed by atoms with Gasteiger partial charge in [0.25, 0.3) is 0 Å². The first-order valence-electron chi connectivity index (χ1n) is 14.1. The number of fused-ring (bicyclic) bond motifs is 3. The van der Waals surface area contributed by atoms with E-state index in [0.29, 0.717) is 53.4 Å². The molecular formula is C28H33FN10O2. The van der Waals surface area contributed by atoms with E-state index < -0.39 is 0 Å². The summed E-state index contributed by atoms with van der Waals surface area (Å²) in [6, 6.07) is 8.84. The number of hydrogen-bond acceptors (Lipinski definition) is 10. The van der Waals surface area contributed by atoms with Crippen LogP contribution in [0, 0.1) is 11.7 Å². The SMILES string of the molecule is Nc1nc2c(cnn2CCN2CCN(c3ccc(OCC4CCNCC4)cc3F)CC2)c2nc(-c3ccco3)nn12. The molecule has 0 spiro atoms. The molecule has 41 heavy (non-hydrogen) atoms. The Balaban J connectivity index is 0.962. The first-order valence-corrected chi connectivity index (χ1v) is 14.1. The van der Waals surface area contributed by atoms with Crippen molar-refractivity contribution in [1.29, 1.82) is 0 Å². The highest BCUT2D eigenvalue weighted by atomic mass is 19.1. The molecule has 2 saturated heterocycles. The monoisotopic (exact) mass is 560 g/mol. The summed E-state index contributed by atoms with van der Waals surface area (Å²) in [4.78, 5) is 13.6. The van der Waals surface area contributed by atoms with Gasteiger partial charge in [0.05, 0.1) is 36.7 Å². The molecule has 6 heterocycles. The second-order valence-electron chi connectivity index (χ2n) is 10.7. The van der Waals surface area contributed by atoms with Gasteiger partial charge in [-0.25, -0.2) is 14.1 Å². The minimum Gasteiger partial charge on any atom is -0.493 e. The number of nitrogens with two attached hydrogens (primary N) is 1. The lowest BCUT2D eigenvalue weighted by Crippen LogP contribution is -2.47. The minimum absolute atomic E-state index is 0.233. The van der Waals surface area contributed by atoms with Gasteiger partial charge in [-0.15, -0.1) is 5.10 Å². The molecule has 0 amide bonds. The summed E-state index contributed by atoms with van der Waals surface area (Å²) in [5.41, 5.74) is 8.10. The van der Waals surface area contributed by atoms with E-state index in [0.717, 1.165) is 64.0 Å². The second kappa shape index (κ2) is 11.0. The zero-order valence-corrected chi connectivity index (χ0v) is 22.7. The number of nitrogen functional groups attached to an aromatic ring is 1. The molecule has 1 aromatic carbocycles. The van der Waals surface area contributed by atoms with Gasteiger partial charge in [-0.3, -0.25) is 4.90 Å². The average molecular weight is 561 g/mol. The van der Waals surface area contributed by atoms with E-state index in [1.807, 2.05) is 16.8 Å². The van der Waals surface area contributed by atoms with Gasteiger partial charge >= 0.3 is 0 Å². The van der Waals surface area contributed by atoms with E-state index in [2.05, 4.69) is 35.3 Å². The van der Waals surface area contributed by atoms with Crippen LogP contribution in [0.1, 0.15) is 12.8 Å². The second-order valence-corrected chi connectivity index (χ2v) is 10.7. The van der Waals surface area contributed by atoms with Gasteiger partial charge in [-0.05, 0) is 56.1 Å². The number of rotatable bonds is 8. The molecule has 2 aliphatic rings. The van der Waals surface area contributed by atoms with E-state index in [4.69, 9.17) is 14.9 Å². The number of halogens is 1. The van der Waals surface area contributed by atoms with Crippen LogP contribution < -0.4 is 20.7 Å². The summed E-state index contributed by atoms with van der Waals surface area (Å²) in [6.45, 7) is 7.25. The van der Waals surface area contributed by atoms with E-state index in [1.54, 1.807) is 24.6 Å². The predicted molar refractivity (Wildman–Crippen MR) is 152 cm³/mol. The van der Waals surface area contributed by atoms with Gasteiger partial charge in [-0.2, -0.15) is 14.6 Å². The molecule has 0 saturated carbocycles. The van der Waals surface area contributed by atoms with E-state index in [-0.39, 0.29) is 11.8 Å². The van der Waals surface area contributed by atoms with Crippen molar-refractivity contribution in [2.24, 2.45) is 5.92 Å². The Bertz CT molecular complexity index is 1630. The van der Waals surface area contributed by atoms with Crippen molar-refractivity contribution in [1.82, 2.24) is 39.6 Å². The Morgan fingerprint density at radius 1 is 1.05 bits per heavy atom. The quantitative estimate of drug-likeness (QED) is 0.292. The summed E-state index contributed by atoms with van der Waals surface area (Å²) in [7, 11) is 0. The van der Waals surface area contributed by atoms with Gasteiger partial charge in [0.1, 0.15) is 11.6 Å². The number of nitrogens with one attached hydrogen (secondary N) is 1. The molecule has 5 aromatic rings. The molecule has 0 radical (unpaired) electrons. The third kappa shape index (κ3) is 5.18. The van der Waals surface area contributed by atoms with Crippen molar-refractivity contribution >= 4 is 28.3 Å². The maximum absolute atomic E-state index is 15.0. The highest BCUT2D eigenvalue weighted by Crippen LogP contribution is 2.27. The zero-order chi connectivity index (χ0) is 27.8. The number of nitrogens with zero attached hydrogens (tertiary/aromatic N) is 8. The Morgan fingerprint density at radius 2 is 1.90 bits per heavy atom. The Morgan fingerprint density at radius 3 is 2.68 bits per heavy atom. The molecule has 0 atom stereocenters. The van der Waals surface area contributed by atoms with Crippen LogP contribution in [0.4, 0.5) is 16.0 Å². The Labute approximate surface area is 235 Å². The molecule has 0 unspecified atom stereocenters. The largest absolute Gasteiger partial charge is 0.493 e. The number of benzene rings is 1. The van der Waals surface area contributed by atoms with Crippen molar-refractivity contribution in [2.75, 3.05) is 63.1 Å². The smallest absolute Gasteiger partial charge is 0.225 e. The van der Waals surface area contributed by atoms with Crippen LogP contribution >= 0.6 is 0 Å². The zero-order valence-electron chi connectivity index (χ0n) is 22.7. The Hall–Kier alpha value is -4.23. The van der Waals surface area contributed by atoms with Gasteiger partial charge in [0, 0.05) is 38.8 Å². The fourth-order valence-corrected chi connectivity index (χ4v) is 5.68. The van der Waals surface area contributed by atoms with Gasteiger partial charge in [-0.1, -0.05) is 0 Å². The number of hydrogen-bond donors (Lipinski definition) is 2. The molecule has 2 fully saturated rings. The highest BCUT2D eigenvalue weighted by molar-refractivity contribution is 5.90.